The molecule has 0 radical (unpaired) electrons. The molecule has 14 heavy (non-hydrogen) atoms. The van der Waals surface area contributed by atoms with Crippen molar-refractivity contribution in [2.24, 2.45) is 5.73 Å². The van der Waals surface area contributed by atoms with Gasteiger partial charge in [-0.3, -0.25) is 4.90 Å². The SMILES string of the molecule is CCN(Cc1ccccc1)[C@@H](C)CN. The van der Waals surface area contributed by atoms with Gasteiger partial charge in [-0.2, -0.15) is 0 Å². The predicted octanol–water partition coefficient (Wildman–Crippen LogP) is 1.86. The zero-order valence-corrected chi connectivity index (χ0v) is 9.11. The summed E-state index contributed by atoms with van der Waals surface area (Å²) in [5.41, 5.74) is 7.02. The maximum atomic E-state index is 5.66. The molecule has 1 aromatic rings. The first kappa shape index (κ1) is 11.2. The first-order valence-corrected chi connectivity index (χ1v) is 5.26. The van der Waals surface area contributed by atoms with Crippen LogP contribution in [-0.4, -0.2) is 24.0 Å². The fourth-order valence-corrected chi connectivity index (χ4v) is 1.55. The van der Waals surface area contributed by atoms with E-state index in [0.29, 0.717) is 6.04 Å². The summed E-state index contributed by atoms with van der Waals surface area (Å²) in [5, 5.41) is 0. The molecule has 2 heteroatoms. The normalized spacial score (nSPS) is 13.1. The van der Waals surface area contributed by atoms with E-state index in [1.54, 1.807) is 0 Å². The van der Waals surface area contributed by atoms with E-state index in [4.69, 9.17) is 5.73 Å². The van der Waals surface area contributed by atoms with Crippen molar-refractivity contribution < 1.29 is 0 Å². The summed E-state index contributed by atoms with van der Waals surface area (Å²) in [4.78, 5) is 2.38. The molecule has 0 saturated carbocycles. The Morgan fingerprint density at radius 1 is 1.29 bits per heavy atom. The highest BCUT2D eigenvalue weighted by molar-refractivity contribution is 5.14. The van der Waals surface area contributed by atoms with Crippen molar-refractivity contribution in [3.63, 3.8) is 0 Å². The van der Waals surface area contributed by atoms with Gasteiger partial charge in [0.05, 0.1) is 0 Å². The third-order valence-electron chi connectivity index (χ3n) is 2.60. The minimum atomic E-state index is 0.459. The lowest BCUT2D eigenvalue weighted by Gasteiger charge is -2.26. The van der Waals surface area contributed by atoms with Crippen LogP contribution in [0, 0.1) is 0 Å². The van der Waals surface area contributed by atoms with E-state index in [1.807, 2.05) is 6.07 Å². The second kappa shape index (κ2) is 5.78. The number of rotatable bonds is 5. The van der Waals surface area contributed by atoms with Crippen molar-refractivity contribution in [2.45, 2.75) is 26.4 Å². The van der Waals surface area contributed by atoms with Crippen molar-refractivity contribution in [2.75, 3.05) is 13.1 Å². The lowest BCUT2D eigenvalue weighted by atomic mass is 10.2. The van der Waals surface area contributed by atoms with Gasteiger partial charge in [-0.1, -0.05) is 37.3 Å². The number of hydrogen-bond acceptors (Lipinski definition) is 2. The molecule has 0 aliphatic rings. The molecular weight excluding hydrogens is 172 g/mol. The van der Waals surface area contributed by atoms with Crippen LogP contribution in [-0.2, 0) is 6.54 Å². The van der Waals surface area contributed by atoms with Gasteiger partial charge in [-0.25, -0.2) is 0 Å². The van der Waals surface area contributed by atoms with Gasteiger partial charge in [0.2, 0.25) is 0 Å². The van der Waals surface area contributed by atoms with E-state index in [0.717, 1.165) is 19.6 Å². The zero-order valence-electron chi connectivity index (χ0n) is 9.11. The van der Waals surface area contributed by atoms with Crippen molar-refractivity contribution in [3.05, 3.63) is 35.9 Å². The molecule has 1 atom stereocenters. The highest BCUT2D eigenvalue weighted by Gasteiger charge is 2.09. The van der Waals surface area contributed by atoms with E-state index in [1.165, 1.54) is 5.56 Å². The van der Waals surface area contributed by atoms with Gasteiger partial charge in [0.1, 0.15) is 0 Å². The molecule has 0 fully saturated rings. The highest BCUT2D eigenvalue weighted by atomic mass is 15.1. The van der Waals surface area contributed by atoms with Crippen LogP contribution in [0.3, 0.4) is 0 Å². The molecule has 0 saturated heterocycles. The molecular formula is C12H20N2. The Hall–Kier alpha value is -0.860. The standard InChI is InChI=1S/C12H20N2/c1-3-14(11(2)9-13)10-12-7-5-4-6-8-12/h4-8,11H,3,9-10,13H2,1-2H3/t11-/m0/s1. The van der Waals surface area contributed by atoms with E-state index in [9.17, 15) is 0 Å². The maximum Gasteiger partial charge on any atom is 0.0236 e. The quantitative estimate of drug-likeness (QED) is 0.771. The monoisotopic (exact) mass is 192 g/mol. The van der Waals surface area contributed by atoms with E-state index in [-0.39, 0.29) is 0 Å². The maximum absolute atomic E-state index is 5.66. The Labute approximate surface area is 86.7 Å². The number of benzene rings is 1. The predicted molar refractivity (Wildman–Crippen MR) is 61.0 cm³/mol. The largest absolute Gasteiger partial charge is 0.329 e. The van der Waals surface area contributed by atoms with Crippen LogP contribution in [0.15, 0.2) is 30.3 Å². The van der Waals surface area contributed by atoms with Crippen LogP contribution < -0.4 is 5.73 Å². The average Bonchev–Trinajstić information content (AvgIpc) is 2.26. The Kier molecular flexibility index (Phi) is 4.63. The molecule has 0 aliphatic heterocycles. The molecule has 1 aromatic carbocycles. The van der Waals surface area contributed by atoms with Crippen LogP contribution in [0.1, 0.15) is 19.4 Å². The minimum absolute atomic E-state index is 0.459. The fourth-order valence-electron chi connectivity index (χ4n) is 1.55. The van der Waals surface area contributed by atoms with Gasteiger partial charge in [-0.15, -0.1) is 0 Å². The second-order valence-electron chi connectivity index (χ2n) is 3.63. The van der Waals surface area contributed by atoms with Gasteiger partial charge in [-0.05, 0) is 19.0 Å². The molecule has 0 aliphatic carbocycles. The van der Waals surface area contributed by atoms with Crippen molar-refractivity contribution >= 4 is 0 Å². The van der Waals surface area contributed by atoms with Gasteiger partial charge < -0.3 is 5.73 Å². The Bertz CT molecular complexity index is 246. The molecule has 0 aromatic heterocycles. The average molecular weight is 192 g/mol. The van der Waals surface area contributed by atoms with Crippen molar-refractivity contribution in [3.8, 4) is 0 Å². The number of hydrogen-bond donors (Lipinski definition) is 1. The summed E-state index contributed by atoms with van der Waals surface area (Å²) in [7, 11) is 0. The number of likely N-dealkylation sites (N-methyl/N-ethyl adjacent to an activating group) is 1. The Morgan fingerprint density at radius 2 is 1.93 bits per heavy atom. The molecule has 78 valence electrons. The number of nitrogens with two attached hydrogens (primary N) is 1. The lowest BCUT2D eigenvalue weighted by Crippen LogP contribution is -2.37. The molecule has 0 heterocycles. The molecule has 1 rings (SSSR count). The smallest absolute Gasteiger partial charge is 0.0236 e. The summed E-state index contributed by atoms with van der Waals surface area (Å²) in [6, 6.07) is 11.0. The van der Waals surface area contributed by atoms with Crippen LogP contribution in [0.2, 0.25) is 0 Å². The summed E-state index contributed by atoms with van der Waals surface area (Å²) < 4.78 is 0. The van der Waals surface area contributed by atoms with Crippen molar-refractivity contribution in [1.82, 2.24) is 4.90 Å². The highest BCUT2D eigenvalue weighted by Crippen LogP contribution is 2.06. The van der Waals surface area contributed by atoms with Gasteiger partial charge in [0.15, 0.2) is 0 Å². The van der Waals surface area contributed by atoms with Crippen LogP contribution in [0.4, 0.5) is 0 Å². The zero-order chi connectivity index (χ0) is 10.4. The topological polar surface area (TPSA) is 29.3 Å². The third-order valence-corrected chi connectivity index (χ3v) is 2.60. The first-order valence-electron chi connectivity index (χ1n) is 5.26. The number of nitrogens with zero attached hydrogens (tertiary/aromatic N) is 1. The van der Waals surface area contributed by atoms with Crippen LogP contribution in [0.25, 0.3) is 0 Å². The summed E-state index contributed by atoms with van der Waals surface area (Å²) in [6.07, 6.45) is 0. The molecule has 0 amide bonds. The molecule has 0 bridgehead atoms. The summed E-state index contributed by atoms with van der Waals surface area (Å²) in [6.45, 7) is 7.12. The van der Waals surface area contributed by atoms with E-state index in [2.05, 4.69) is 43.0 Å². The van der Waals surface area contributed by atoms with Gasteiger partial charge in [0.25, 0.3) is 0 Å². The molecule has 0 unspecified atom stereocenters. The molecule has 0 spiro atoms. The molecule has 2 N–H and O–H groups in total. The van der Waals surface area contributed by atoms with Crippen LogP contribution in [0.5, 0.6) is 0 Å². The Balaban J connectivity index is 2.57. The Morgan fingerprint density at radius 3 is 2.43 bits per heavy atom. The summed E-state index contributed by atoms with van der Waals surface area (Å²) >= 11 is 0. The lowest BCUT2D eigenvalue weighted by molar-refractivity contribution is 0.215. The fraction of sp³-hybridized carbons (Fsp3) is 0.500. The second-order valence-corrected chi connectivity index (χ2v) is 3.63. The molecule has 2 nitrogen and oxygen atoms in total. The van der Waals surface area contributed by atoms with Crippen molar-refractivity contribution in [1.29, 1.82) is 0 Å². The minimum Gasteiger partial charge on any atom is -0.329 e. The van der Waals surface area contributed by atoms with Gasteiger partial charge >= 0.3 is 0 Å². The van der Waals surface area contributed by atoms with Crippen LogP contribution >= 0.6 is 0 Å². The third kappa shape index (κ3) is 3.13. The first-order chi connectivity index (χ1) is 6.77. The van der Waals surface area contributed by atoms with Gasteiger partial charge in [0, 0.05) is 19.1 Å². The van der Waals surface area contributed by atoms with E-state index < -0.39 is 0 Å². The summed E-state index contributed by atoms with van der Waals surface area (Å²) in [5.74, 6) is 0. The van der Waals surface area contributed by atoms with E-state index >= 15 is 0 Å².